The Hall–Kier alpha value is -2.19. The van der Waals surface area contributed by atoms with E-state index in [1.54, 1.807) is 7.05 Å². The molecular formula is C22H35N3O4S. The minimum atomic E-state index is -3.49. The quantitative estimate of drug-likeness (QED) is 0.609. The third kappa shape index (κ3) is 6.40. The lowest BCUT2D eigenvalue weighted by Crippen LogP contribution is -2.45. The fourth-order valence-electron chi connectivity index (χ4n) is 3.27. The van der Waals surface area contributed by atoms with Crippen molar-refractivity contribution in [2.24, 2.45) is 5.92 Å². The minimum Gasteiger partial charge on any atom is -0.347 e. The topological polar surface area (TPSA) is 86.8 Å². The number of benzene rings is 1. The smallest absolute Gasteiger partial charge is 0.241 e. The average molecular weight is 438 g/mol. The van der Waals surface area contributed by atoms with Gasteiger partial charge in [-0.15, -0.1) is 0 Å². The van der Waals surface area contributed by atoms with Crippen molar-refractivity contribution in [1.82, 2.24) is 14.5 Å². The Morgan fingerprint density at radius 3 is 2.20 bits per heavy atom. The van der Waals surface area contributed by atoms with Crippen LogP contribution in [0.15, 0.2) is 41.3 Å². The Labute approximate surface area is 181 Å². The molecule has 0 unspecified atom stereocenters. The van der Waals surface area contributed by atoms with Gasteiger partial charge in [0.25, 0.3) is 0 Å². The molecule has 7 nitrogen and oxygen atoms in total. The van der Waals surface area contributed by atoms with Crippen LogP contribution < -0.4 is 5.32 Å². The van der Waals surface area contributed by atoms with Gasteiger partial charge in [0.2, 0.25) is 21.8 Å². The molecule has 0 saturated heterocycles. The number of allylic oxidation sites excluding steroid dienone is 1. The Kier molecular flexibility index (Phi) is 9.24. The monoisotopic (exact) mass is 437 g/mol. The summed E-state index contributed by atoms with van der Waals surface area (Å²) < 4.78 is 25.2. The second-order valence-electron chi connectivity index (χ2n) is 8.14. The lowest BCUT2D eigenvalue weighted by molar-refractivity contribution is -0.133. The zero-order valence-electron chi connectivity index (χ0n) is 19.1. The van der Waals surface area contributed by atoms with Gasteiger partial charge in [-0.2, -0.15) is 0 Å². The van der Waals surface area contributed by atoms with Gasteiger partial charge in [0.1, 0.15) is 0 Å². The number of hydrogen-bond acceptors (Lipinski definition) is 4. The molecule has 0 bridgehead atoms. The summed E-state index contributed by atoms with van der Waals surface area (Å²) in [5, 5.41) is 2.75. The van der Waals surface area contributed by atoms with Gasteiger partial charge in [-0.05, 0) is 25.0 Å². The highest BCUT2D eigenvalue weighted by molar-refractivity contribution is 7.92. The molecule has 0 radical (unpaired) electrons. The summed E-state index contributed by atoms with van der Waals surface area (Å²) in [6.45, 7) is 7.52. The highest BCUT2D eigenvalue weighted by atomic mass is 32.2. The van der Waals surface area contributed by atoms with E-state index in [4.69, 9.17) is 0 Å². The zero-order valence-corrected chi connectivity index (χ0v) is 19.9. The molecule has 0 heterocycles. The normalized spacial score (nSPS) is 13.8. The van der Waals surface area contributed by atoms with E-state index in [9.17, 15) is 18.0 Å². The van der Waals surface area contributed by atoms with E-state index in [2.05, 4.69) is 5.32 Å². The summed E-state index contributed by atoms with van der Waals surface area (Å²) in [4.78, 5) is 26.8. The fourth-order valence-corrected chi connectivity index (χ4v) is 4.13. The first-order valence-electron chi connectivity index (χ1n) is 10.0. The molecule has 1 atom stereocenters. The van der Waals surface area contributed by atoms with Crippen molar-refractivity contribution in [3.8, 4) is 0 Å². The van der Waals surface area contributed by atoms with Crippen LogP contribution in [0.1, 0.15) is 39.7 Å². The molecule has 0 fully saturated rings. The van der Waals surface area contributed by atoms with Gasteiger partial charge in [0.05, 0.1) is 11.4 Å². The molecule has 168 valence electrons. The lowest BCUT2D eigenvalue weighted by atomic mass is 9.71. The van der Waals surface area contributed by atoms with Crippen molar-refractivity contribution >= 4 is 21.8 Å². The van der Waals surface area contributed by atoms with Crippen molar-refractivity contribution in [2.75, 3.05) is 34.2 Å². The largest absolute Gasteiger partial charge is 0.347 e. The number of nitrogens with zero attached hydrogens (tertiary/aromatic N) is 2. The number of likely N-dealkylation sites (N-methyl/N-ethyl adjacent to an activating group) is 1. The Balaban J connectivity index is 2.73. The van der Waals surface area contributed by atoms with Gasteiger partial charge < -0.3 is 10.2 Å². The van der Waals surface area contributed by atoms with Gasteiger partial charge in [-0.1, -0.05) is 51.1 Å². The first-order valence-corrected chi connectivity index (χ1v) is 11.5. The third-order valence-corrected chi connectivity index (χ3v) is 7.44. The Morgan fingerprint density at radius 2 is 1.70 bits per heavy atom. The second kappa shape index (κ2) is 10.7. The van der Waals surface area contributed by atoms with Crippen LogP contribution in [-0.2, 0) is 25.0 Å². The molecule has 1 aromatic rings. The maximum atomic E-state index is 12.8. The SMILES string of the molecule is CC[C@H](C(=O)NCC(=O)N(C)C/C=C(\C)S(=O)(=O)N(C)C)C(C)(C)c1ccccc1. The summed E-state index contributed by atoms with van der Waals surface area (Å²) in [6.07, 6.45) is 2.13. The highest BCUT2D eigenvalue weighted by Gasteiger charge is 2.35. The number of rotatable bonds is 10. The minimum absolute atomic E-state index is 0.135. The molecular weight excluding hydrogens is 402 g/mol. The number of carbonyl (C=O) groups excluding carboxylic acids is 2. The van der Waals surface area contributed by atoms with Crippen LogP contribution >= 0.6 is 0 Å². The van der Waals surface area contributed by atoms with Crippen LogP contribution in [-0.4, -0.2) is 63.7 Å². The van der Waals surface area contributed by atoms with Crippen LogP contribution in [0.4, 0.5) is 0 Å². The molecule has 30 heavy (non-hydrogen) atoms. The number of carbonyl (C=O) groups is 2. The van der Waals surface area contributed by atoms with Crippen molar-refractivity contribution in [3.05, 3.63) is 46.9 Å². The molecule has 1 N–H and O–H groups in total. The predicted molar refractivity (Wildman–Crippen MR) is 120 cm³/mol. The van der Waals surface area contributed by atoms with Crippen molar-refractivity contribution < 1.29 is 18.0 Å². The van der Waals surface area contributed by atoms with Crippen LogP contribution in [0.2, 0.25) is 0 Å². The number of hydrogen-bond donors (Lipinski definition) is 1. The van der Waals surface area contributed by atoms with Gasteiger partial charge in [0, 0.05) is 39.0 Å². The average Bonchev–Trinajstić information content (AvgIpc) is 2.70. The van der Waals surface area contributed by atoms with Crippen LogP contribution in [0, 0.1) is 5.92 Å². The van der Waals surface area contributed by atoms with E-state index in [0.717, 1.165) is 9.87 Å². The molecule has 8 heteroatoms. The van der Waals surface area contributed by atoms with E-state index >= 15 is 0 Å². The summed E-state index contributed by atoms with van der Waals surface area (Å²) >= 11 is 0. The van der Waals surface area contributed by atoms with Crippen LogP contribution in [0.3, 0.4) is 0 Å². The standard InChI is InChI=1S/C22H35N3O4S/c1-8-19(22(3,4)18-12-10-9-11-13-18)21(27)23-16-20(26)25(7)15-14-17(2)30(28,29)24(5)6/h9-14,19H,8,15-16H2,1-7H3,(H,23,27)/b17-14+/t19-/m1/s1. The van der Waals surface area contributed by atoms with Gasteiger partial charge in [0.15, 0.2) is 0 Å². The molecule has 0 saturated carbocycles. The van der Waals surface area contributed by atoms with E-state index in [1.807, 2.05) is 51.1 Å². The molecule has 0 aromatic heterocycles. The van der Waals surface area contributed by atoms with Gasteiger partial charge in [-0.3, -0.25) is 9.59 Å². The molecule has 2 amide bonds. The van der Waals surface area contributed by atoms with E-state index in [0.29, 0.717) is 6.42 Å². The first-order chi connectivity index (χ1) is 13.9. The summed E-state index contributed by atoms with van der Waals surface area (Å²) in [6, 6.07) is 9.85. The van der Waals surface area contributed by atoms with Crippen LogP contribution in [0.25, 0.3) is 0 Å². The molecule has 0 aliphatic rings. The molecule has 1 rings (SSSR count). The van der Waals surface area contributed by atoms with Gasteiger partial charge >= 0.3 is 0 Å². The van der Waals surface area contributed by atoms with Crippen molar-refractivity contribution in [2.45, 2.75) is 39.5 Å². The Morgan fingerprint density at radius 1 is 1.13 bits per heavy atom. The Bertz CT molecular complexity index is 862. The van der Waals surface area contributed by atoms with E-state index < -0.39 is 10.0 Å². The van der Waals surface area contributed by atoms with Crippen LogP contribution in [0.5, 0.6) is 0 Å². The van der Waals surface area contributed by atoms with Crippen molar-refractivity contribution in [1.29, 1.82) is 0 Å². The highest BCUT2D eigenvalue weighted by Crippen LogP contribution is 2.33. The zero-order chi connectivity index (χ0) is 23.1. The lowest BCUT2D eigenvalue weighted by Gasteiger charge is -2.33. The molecule has 0 spiro atoms. The summed E-state index contributed by atoms with van der Waals surface area (Å²) in [5.74, 6) is -0.748. The number of sulfonamides is 1. The van der Waals surface area contributed by atoms with E-state index in [-0.39, 0.29) is 41.1 Å². The fraction of sp³-hybridized carbons (Fsp3) is 0.545. The first kappa shape index (κ1) is 25.8. The van der Waals surface area contributed by atoms with Crippen molar-refractivity contribution in [3.63, 3.8) is 0 Å². The maximum absolute atomic E-state index is 12.8. The molecule has 0 aliphatic carbocycles. The third-order valence-electron chi connectivity index (χ3n) is 5.49. The maximum Gasteiger partial charge on any atom is 0.241 e. The molecule has 0 aliphatic heterocycles. The van der Waals surface area contributed by atoms with E-state index in [1.165, 1.54) is 32.0 Å². The molecule has 1 aromatic carbocycles. The predicted octanol–water partition coefficient (Wildman–Crippen LogP) is 2.36. The second-order valence-corrected chi connectivity index (χ2v) is 10.5. The summed E-state index contributed by atoms with van der Waals surface area (Å²) in [5.41, 5.74) is 0.688. The number of nitrogens with one attached hydrogen (secondary N) is 1. The number of amides is 2. The summed E-state index contributed by atoms with van der Waals surface area (Å²) in [7, 11) is 0.994. The van der Waals surface area contributed by atoms with Gasteiger partial charge in [-0.25, -0.2) is 12.7 Å².